The molecule has 0 saturated carbocycles. The van der Waals surface area contributed by atoms with Crippen LogP contribution >= 0.6 is 36.7 Å². The Labute approximate surface area is 369 Å². The fourth-order valence-electron chi connectivity index (χ4n) is 5.15. The molecule has 324 valence electrons. The lowest BCUT2D eigenvalue weighted by atomic mass is 10.1. The fourth-order valence-corrected chi connectivity index (χ4v) is 5.73. The molecule has 0 atom stereocenters. The minimum Gasteiger partial charge on any atom is -0.503 e. The molecular formula is C44H40F6N6O3S3. The van der Waals surface area contributed by atoms with Gasteiger partial charge in [-0.3, -0.25) is 0 Å². The summed E-state index contributed by atoms with van der Waals surface area (Å²) in [6, 6.07) is 33.6. The summed E-state index contributed by atoms with van der Waals surface area (Å²) in [6.45, 7) is 3.54. The van der Waals surface area contributed by atoms with E-state index in [0.717, 1.165) is 46.9 Å². The van der Waals surface area contributed by atoms with E-state index in [1.54, 1.807) is 0 Å². The van der Waals surface area contributed by atoms with E-state index in [9.17, 15) is 41.7 Å². The fraction of sp³-hybridized carbons (Fsp3) is 0.114. The average molecular weight is 911 g/mol. The quantitative estimate of drug-likeness (QED) is 0.0368. The van der Waals surface area contributed by atoms with Gasteiger partial charge in [-0.25, -0.2) is 13.2 Å². The smallest absolute Gasteiger partial charge is 0.202 e. The van der Waals surface area contributed by atoms with E-state index in [-0.39, 0.29) is 32.4 Å². The van der Waals surface area contributed by atoms with Gasteiger partial charge in [-0.1, -0.05) is 84.9 Å². The molecule has 0 amide bonds. The molecule has 0 aromatic heterocycles. The van der Waals surface area contributed by atoms with Crippen molar-refractivity contribution in [2.24, 2.45) is 0 Å². The monoisotopic (exact) mass is 910 g/mol. The van der Waals surface area contributed by atoms with Crippen molar-refractivity contribution in [1.82, 2.24) is 16.0 Å². The van der Waals surface area contributed by atoms with Crippen LogP contribution in [0.25, 0.3) is 0 Å². The highest BCUT2D eigenvalue weighted by Gasteiger charge is 2.15. The Morgan fingerprint density at radius 3 is 1.26 bits per heavy atom. The number of halogens is 6. The van der Waals surface area contributed by atoms with Crippen LogP contribution in [0.15, 0.2) is 121 Å². The van der Waals surface area contributed by atoms with Gasteiger partial charge >= 0.3 is 0 Å². The zero-order chi connectivity index (χ0) is 45.2. The van der Waals surface area contributed by atoms with Gasteiger partial charge < -0.3 is 47.2 Å². The highest BCUT2D eigenvalue weighted by molar-refractivity contribution is 7.80. The van der Waals surface area contributed by atoms with Crippen molar-refractivity contribution >= 4 is 69.1 Å². The van der Waals surface area contributed by atoms with Crippen LogP contribution in [0.5, 0.6) is 17.2 Å². The number of thiocarbonyl (C=S) groups is 3. The molecule has 9 N–H and O–H groups in total. The first-order chi connectivity index (χ1) is 29.6. The summed E-state index contributed by atoms with van der Waals surface area (Å²) in [4.78, 5) is 0. The lowest BCUT2D eigenvalue weighted by Crippen LogP contribution is -2.30. The number of hydrogen-bond donors (Lipinski definition) is 9. The zero-order valence-corrected chi connectivity index (χ0v) is 35.2. The van der Waals surface area contributed by atoms with Crippen molar-refractivity contribution in [3.05, 3.63) is 178 Å². The van der Waals surface area contributed by atoms with E-state index in [1.165, 1.54) is 18.2 Å². The van der Waals surface area contributed by atoms with Crippen LogP contribution in [-0.4, -0.2) is 37.2 Å². The summed E-state index contributed by atoms with van der Waals surface area (Å²) in [5.74, 6) is -9.63. The van der Waals surface area contributed by atoms with Crippen LogP contribution in [0.1, 0.15) is 22.3 Å². The van der Waals surface area contributed by atoms with Crippen LogP contribution in [0.4, 0.5) is 43.4 Å². The largest absolute Gasteiger partial charge is 0.503 e. The minimum atomic E-state index is -1.30. The number of anilines is 3. The molecule has 0 radical (unpaired) electrons. The van der Waals surface area contributed by atoms with Crippen molar-refractivity contribution < 1.29 is 41.7 Å². The number of hydrogen-bond acceptors (Lipinski definition) is 6. The van der Waals surface area contributed by atoms with E-state index in [0.29, 0.717) is 19.6 Å². The molecule has 0 aliphatic heterocycles. The van der Waals surface area contributed by atoms with Crippen molar-refractivity contribution in [3.8, 4) is 17.2 Å². The first-order valence-electron chi connectivity index (χ1n) is 18.4. The normalized spacial score (nSPS) is 10.2. The molecule has 0 unspecified atom stereocenters. The Bertz CT molecular complexity index is 2470. The maximum absolute atomic E-state index is 13.2. The van der Waals surface area contributed by atoms with Gasteiger partial charge in [0.15, 0.2) is 50.0 Å². The zero-order valence-electron chi connectivity index (χ0n) is 32.7. The van der Waals surface area contributed by atoms with Crippen LogP contribution in [0, 0.1) is 41.8 Å². The summed E-state index contributed by atoms with van der Waals surface area (Å²) < 4.78 is 78.2. The van der Waals surface area contributed by atoms with E-state index < -0.39 is 52.2 Å². The molecule has 0 bridgehead atoms. The molecule has 62 heavy (non-hydrogen) atoms. The molecule has 18 heteroatoms. The van der Waals surface area contributed by atoms with Crippen molar-refractivity contribution in [2.45, 2.75) is 26.4 Å². The summed E-state index contributed by atoms with van der Waals surface area (Å²) >= 11 is 15.1. The van der Waals surface area contributed by atoms with Crippen LogP contribution in [0.2, 0.25) is 0 Å². The molecule has 0 aliphatic rings. The van der Waals surface area contributed by atoms with Gasteiger partial charge in [0.2, 0.25) is 17.5 Å². The molecule has 6 rings (SSSR count). The van der Waals surface area contributed by atoms with E-state index in [2.05, 4.69) is 31.9 Å². The van der Waals surface area contributed by atoms with Gasteiger partial charge in [-0.2, -0.15) is 13.2 Å². The summed E-state index contributed by atoms with van der Waals surface area (Å²) in [7, 11) is 0. The van der Waals surface area contributed by atoms with Crippen LogP contribution in [0.3, 0.4) is 0 Å². The van der Waals surface area contributed by atoms with Gasteiger partial charge in [0, 0.05) is 19.6 Å². The predicted octanol–water partition coefficient (Wildman–Crippen LogP) is 9.82. The van der Waals surface area contributed by atoms with Gasteiger partial charge in [0.25, 0.3) is 0 Å². The number of benzene rings is 6. The topological polar surface area (TPSA) is 133 Å². The predicted molar refractivity (Wildman–Crippen MR) is 242 cm³/mol. The van der Waals surface area contributed by atoms with Gasteiger partial charge in [0.05, 0.1) is 17.1 Å². The Hall–Kier alpha value is -6.63. The third kappa shape index (κ3) is 14.8. The van der Waals surface area contributed by atoms with Gasteiger partial charge in [-0.05, 0) is 109 Å². The Balaban J connectivity index is 0.000000205. The summed E-state index contributed by atoms with van der Waals surface area (Å²) in [5, 5.41) is 45.7. The molecule has 0 aliphatic carbocycles. The SMILES string of the molecule is Cc1ccccc1CNC(=S)Nc1ccc(F)c(F)c1O.Oc1c(NC(=S)NCCc2ccccc2)ccc(F)c1F.Oc1c(NC(=S)NCc2ccccc2)ccc(F)c1F. The Kier molecular flexibility index (Phi) is 18.6. The first kappa shape index (κ1) is 48.0. The standard InChI is InChI=1S/2C15H14F2N2OS.C14H12F2N2OS/c1-9-4-2-3-5-10(9)8-18-15(21)19-12-7-6-11(16)13(17)14(12)20;16-11-6-7-12(14(20)13(11)17)19-15(21)18-9-8-10-4-2-1-3-5-10;15-10-6-7-11(13(19)12(10)16)18-14(20)17-8-9-4-2-1-3-5-9/h2-7,20H,8H2,1H3,(H2,18,19,21);1-7,20H,8-9H2,(H2,18,19,21);1-7,19H,8H2,(H2,17,18,20). The van der Waals surface area contributed by atoms with Crippen molar-refractivity contribution in [2.75, 3.05) is 22.5 Å². The van der Waals surface area contributed by atoms with E-state index >= 15 is 0 Å². The second-order valence-corrected chi connectivity index (χ2v) is 14.1. The summed E-state index contributed by atoms with van der Waals surface area (Å²) in [5.41, 5.74) is 4.39. The van der Waals surface area contributed by atoms with Crippen molar-refractivity contribution in [1.29, 1.82) is 0 Å². The van der Waals surface area contributed by atoms with Gasteiger partial charge in [0.1, 0.15) is 0 Å². The number of rotatable bonds is 10. The van der Waals surface area contributed by atoms with Crippen LogP contribution in [-0.2, 0) is 19.5 Å². The minimum absolute atomic E-state index is 0.00876. The van der Waals surface area contributed by atoms with Gasteiger partial charge in [-0.15, -0.1) is 0 Å². The average Bonchev–Trinajstić information content (AvgIpc) is 3.27. The number of nitrogens with one attached hydrogen (secondary N) is 6. The first-order valence-corrected chi connectivity index (χ1v) is 19.6. The maximum Gasteiger partial charge on any atom is 0.202 e. The number of phenols is 3. The Morgan fingerprint density at radius 2 is 0.823 bits per heavy atom. The molecule has 0 heterocycles. The second-order valence-electron chi connectivity index (χ2n) is 12.9. The van der Waals surface area contributed by atoms with E-state index in [4.69, 9.17) is 36.7 Å². The third-order valence-electron chi connectivity index (χ3n) is 8.49. The Morgan fingerprint density at radius 1 is 0.452 bits per heavy atom. The highest BCUT2D eigenvalue weighted by atomic mass is 32.1. The molecule has 0 spiro atoms. The number of aryl methyl sites for hydroxylation is 1. The molecule has 0 fully saturated rings. The molecule has 6 aromatic carbocycles. The van der Waals surface area contributed by atoms with E-state index in [1.807, 2.05) is 91.9 Å². The number of phenolic OH excluding ortho intramolecular Hbond substituents is 3. The van der Waals surface area contributed by atoms with Crippen molar-refractivity contribution in [3.63, 3.8) is 0 Å². The van der Waals surface area contributed by atoms with Crippen LogP contribution < -0.4 is 31.9 Å². The molecule has 9 nitrogen and oxygen atoms in total. The summed E-state index contributed by atoms with van der Waals surface area (Å²) in [6.07, 6.45) is 0.770. The lowest BCUT2D eigenvalue weighted by molar-refractivity contribution is 0.409. The lowest BCUT2D eigenvalue weighted by Gasteiger charge is -2.13. The number of aromatic hydroxyl groups is 3. The maximum atomic E-state index is 13.2. The molecule has 0 saturated heterocycles. The highest BCUT2D eigenvalue weighted by Crippen LogP contribution is 2.30. The third-order valence-corrected chi connectivity index (χ3v) is 9.23. The molecule has 6 aromatic rings. The molecular weight excluding hydrogens is 871 g/mol. The second kappa shape index (κ2) is 24.0.